The van der Waals surface area contributed by atoms with Gasteiger partial charge in [0.25, 0.3) is 0 Å². The lowest BCUT2D eigenvalue weighted by Crippen LogP contribution is -2.33. The van der Waals surface area contributed by atoms with E-state index in [2.05, 4.69) is 23.1 Å². The maximum atomic E-state index is 12.8. The van der Waals surface area contributed by atoms with Crippen LogP contribution in [0.5, 0.6) is 0 Å². The van der Waals surface area contributed by atoms with E-state index in [-0.39, 0.29) is 12.3 Å². The van der Waals surface area contributed by atoms with Crippen LogP contribution in [-0.2, 0) is 5.41 Å². The fraction of sp³-hybridized carbons (Fsp3) is 0.500. The Bertz CT molecular complexity index is 920. The third-order valence-corrected chi connectivity index (χ3v) is 6.14. The average Bonchev–Trinajstić information content (AvgIpc) is 2.81. The molecule has 1 aliphatic heterocycles. The first-order chi connectivity index (χ1) is 13.2. The van der Waals surface area contributed by atoms with Crippen LogP contribution in [0.1, 0.15) is 42.6 Å². The van der Waals surface area contributed by atoms with Gasteiger partial charge in [-0.15, -0.1) is 0 Å². The van der Waals surface area contributed by atoms with Gasteiger partial charge in [0, 0.05) is 42.8 Å². The first-order valence-corrected chi connectivity index (χ1v) is 9.83. The molecule has 1 heterocycles. The molecule has 1 fully saturated rings. The zero-order chi connectivity index (χ0) is 20.1. The molecule has 0 radical (unpaired) electrons. The number of hydrogen-bond donors (Lipinski definition) is 0. The van der Waals surface area contributed by atoms with Crippen molar-refractivity contribution in [2.24, 2.45) is 0 Å². The van der Waals surface area contributed by atoms with Gasteiger partial charge in [0.2, 0.25) is 0 Å². The largest absolute Gasteiger partial charge is 0.390 e. The zero-order valence-electron chi connectivity index (χ0n) is 16.3. The summed E-state index contributed by atoms with van der Waals surface area (Å²) in [7, 11) is 0. The van der Waals surface area contributed by atoms with Crippen LogP contribution in [0.2, 0.25) is 0 Å². The van der Waals surface area contributed by atoms with Gasteiger partial charge >= 0.3 is 6.18 Å². The van der Waals surface area contributed by atoms with Crippen molar-refractivity contribution in [1.82, 2.24) is 4.90 Å². The molecule has 0 unspecified atom stereocenters. The molecule has 4 rings (SSSR count). The molecule has 2 aromatic rings. The molecule has 2 aromatic carbocycles. The summed E-state index contributed by atoms with van der Waals surface area (Å²) in [5, 5.41) is 2.10. The van der Waals surface area contributed by atoms with Crippen LogP contribution < -0.4 is 4.90 Å². The number of nitrogens with zero attached hydrogens (tertiary/aromatic N) is 2. The molecule has 1 aliphatic carbocycles. The standard InChI is InChI=1S/C22H25F3N2O/c1-21(2)17-7-8-18(15-5-3-6-16(19(15)17)20(21)28)27-11-4-10-26(13-14-27)12-9-22(23,24)25/h3,5-8H,4,9-14H2,1-2H3. The third kappa shape index (κ3) is 3.28. The van der Waals surface area contributed by atoms with Crippen molar-refractivity contribution in [1.29, 1.82) is 0 Å². The van der Waals surface area contributed by atoms with Crippen LogP contribution in [0, 0.1) is 0 Å². The van der Waals surface area contributed by atoms with Gasteiger partial charge in [-0.2, -0.15) is 13.2 Å². The maximum absolute atomic E-state index is 12.8. The van der Waals surface area contributed by atoms with E-state index in [9.17, 15) is 18.0 Å². The highest BCUT2D eigenvalue weighted by Crippen LogP contribution is 2.45. The van der Waals surface area contributed by atoms with Crippen molar-refractivity contribution in [3.05, 3.63) is 41.5 Å². The van der Waals surface area contributed by atoms with Crippen LogP contribution in [-0.4, -0.2) is 49.6 Å². The fourth-order valence-corrected chi connectivity index (χ4v) is 4.56. The molecule has 0 N–H and O–H groups in total. The molecule has 0 aromatic heterocycles. The van der Waals surface area contributed by atoms with Gasteiger partial charge in [-0.3, -0.25) is 4.79 Å². The van der Waals surface area contributed by atoms with Crippen LogP contribution in [0.15, 0.2) is 30.3 Å². The summed E-state index contributed by atoms with van der Waals surface area (Å²) >= 11 is 0. The highest BCUT2D eigenvalue weighted by atomic mass is 19.4. The van der Waals surface area contributed by atoms with E-state index in [0.29, 0.717) is 19.6 Å². The predicted molar refractivity (Wildman–Crippen MR) is 105 cm³/mol. The number of hydrogen-bond acceptors (Lipinski definition) is 3. The number of carbonyl (C=O) groups is 1. The van der Waals surface area contributed by atoms with Crippen molar-refractivity contribution < 1.29 is 18.0 Å². The molecule has 0 atom stereocenters. The molecule has 0 amide bonds. The molecule has 3 nitrogen and oxygen atoms in total. The van der Waals surface area contributed by atoms with Crippen LogP contribution in [0.25, 0.3) is 10.8 Å². The Labute approximate surface area is 163 Å². The predicted octanol–water partition coefficient (Wildman–Crippen LogP) is 4.78. The molecule has 2 aliphatic rings. The smallest absolute Gasteiger partial charge is 0.370 e. The normalized spacial score (nSPS) is 20.0. The maximum Gasteiger partial charge on any atom is 0.390 e. The van der Waals surface area contributed by atoms with Crippen molar-refractivity contribution in [2.75, 3.05) is 37.6 Å². The van der Waals surface area contributed by atoms with E-state index in [0.717, 1.165) is 40.6 Å². The number of anilines is 1. The van der Waals surface area contributed by atoms with E-state index in [4.69, 9.17) is 0 Å². The SMILES string of the molecule is CC1(C)C(=O)c2cccc3c(N4CCCN(CCC(F)(F)F)CC4)ccc1c23. The van der Waals surface area contributed by atoms with Gasteiger partial charge in [0.1, 0.15) is 0 Å². The third-order valence-electron chi connectivity index (χ3n) is 6.14. The van der Waals surface area contributed by atoms with E-state index < -0.39 is 18.0 Å². The van der Waals surface area contributed by atoms with Gasteiger partial charge in [-0.05, 0) is 43.8 Å². The number of ketones is 1. The zero-order valence-corrected chi connectivity index (χ0v) is 16.3. The molecular formula is C22H25F3N2O. The summed E-state index contributed by atoms with van der Waals surface area (Å²) in [5.41, 5.74) is 2.39. The number of carbonyl (C=O) groups excluding carboxylic acids is 1. The lowest BCUT2D eigenvalue weighted by Gasteiger charge is -2.26. The monoisotopic (exact) mass is 390 g/mol. The minimum absolute atomic E-state index is 0.0594. The Kier molecular flexibility index (Phi) is 4.65. The Balaban J connectivity index is 1.61. The second-order valence-electron chi connectivity index (χ2n) is 8.36. The number of halogens is 3. The van der Waals surface area contributed by atoms with Gasteiger partial charge in [0.05, 0.1) is 11.8 Å². The Morgan fingerprint density at radius 1 is 1.04 bits per heavy atom. The molecule has 0 saturated carbocycles. The fourth-order valence-electron chi connectivity index (χ4n) is 4.56. The Morgan fingerprint density at radius 3 is 2.57 bits per heavy atom. The summed E-state index contributed by atoms with van der Waals surface area (Å²) in [6.07, 6.45) is -4.04. The summed E-state index contributed by atoms with van der Waals surface area (Å²) in [6, 6.07) is 10.0. The second-order valence-corrected chi connectivity index (χ2v) is 8.36. The van der Waals surface area contributed by atoms with Gasteiger partial charge in [-0.1, -0.05) is 24.3 Å². The molecule has 0 spiro atoms. The minimum atomic E-state index is -4.11. The molecule has 28 heavy (non-hydrogen) atoms. The Morgan fingerprint density at radius 2 is 1.82 bits per heavy atom. The quantitative estimate of drug-likeness (QED) is 0.754. The number of alkyl halides is 3. The highest BCUT2D eigenvalue weighted by molar-refractivity contribution is 6.21. The number of benzene rings is 2. The van der Waals surface area contributed by atoms with Crippen molar-refractivity contribution in [2.45, 2.75) is 38.3 Å². The van der Waals surface area contributed by atoms with E-state index in [1.807, 2.05) is 30.9 Å². The summed E-state index contributed by atoms with van der Waals surface area (Å²) in [5.74, 6) is 0.152. The second kappa shape index (κ2) is 6.76. The van der Waals surface area contributed by atoms with Crippen molar-refractivity contribution in [3.63, 3.8) is 0 Å². The van der Waals surface area contributed by atoms with E-state index in [1.165, 1.54) is 0 Å². The number of rotatable bonds is 3. The average molecular weight is 390 g/mol. The van der Waals surface area contributed by atoms with E-state index >= 15 is 0 Å². The highest BCUT2D eigenvalue weighted by Gasteiger charge is 2.40. The molecular weight excluding hydrogens is 365 g/mol. The van der Waals surface area contributed by atoms with Crippen LogP contribution >= 0.6 is 0 Å². The van der Waals surface area contributed by atoms with E-state index in [1.54, 1.807) is 0 Å². The molecule has 0 bridgehead atoms. The topological polar surface area (TPSA) is 23.6 Å². The van der Waals surface area contributed by atoms with Crippen molar-refractivity contribution in [3.8, 4) is 0 Å². The van der Waals surface area contributed by atoms with Gasteiger partial charge in [-0.25, -0.2) is 0 Å². The summed E-state index contributed by atoms with van der Waals surface area (Å²) < 4.78 is 37.6. The van der Waals surface area contributed by atoms with Crippen molar-refractivity contribution >= 4 is 22.2 Å². The first-order valence-electron chi connectivity index (χ1n) is 9.83. The summed E-state index contributed by atoms with van der Waals surface area (Å²) in [6.45, 7) is 6.78. The molecule has 1 saturated heterocycles. The lowest BCUT2D eigenvalue weighted by atomic mass is 9.84. The lowest BCUT2D eigenvalue weighted by molar-refractivity contribution is -0.137. The molecule has 6 heteroatoms. The van der Waals surface area contributed by atoms with Gasteiger partial charge in [0.15, 0.2) is 5.78 Å². The minimum Gasteiger partial charge on any atom is -0.370 e. The first kappa shape index (κ1) is 19.2. The summed E-state index contributed by atoms with van der Waals surface area (Å²) in [4.78, 5) is 17.0. The number of Topliss-reactive ketones (excluding diaryl/α,β-unsaturated/α-hetero) is 1. The Hall–Kier alpha value is -2.08. The molecule has 150 valence electrons. The van der Waals surface area contributed by atoms with Crippen LogP contribution in [0.4, 0.5) is 18.9 Å². The van der Waals surface area contributed by atoms with Gasteiger partial charge < -0.3 is 9.80 Å². The van der Waals surface area contributed by atoms with Crippen LogP contribution in [0.3, 0.4) is 0 Å².